The normalized spacial score (nSPS) is 17.8. The molecule has 0 radical (unpaired) electrons. The average molecular weight is 283 g/mol. The van der Waals surface area contributed by atoms with E-state index in [0.29, 0.717) is 5.41 Å². The van der Waals surface area contributed by atoms with Gasteiger partial charge in [-0.1, -0.05) is 19.8 Å². The molecule has 1 fully saturated rings. The molecule has 20 heavy (non-hydrogen) atoms. The van der Waals surface area contributed by atoms with Gasteiger partial charge < -0.3 is 10.1 Å². The minimum absolute atomic E-state index is 0.0458. The molecule has 0 aromatic heterocycles. The summed E-state index contributed by atoms with van der Waals surface area (Å²) in [5, 5.41) is 2.99. The molecule has 116 valence electrons. The van der Waals surface area contributed by atoms with Crippen LogP contribution in [0.4, 0.5) is 0 Å². The molecule has 0 unspecified atom stereocenters. The summed E-state index contributed by atoms with van der Waals surface area (Å²) in [5.74, 6) is -0.352. The second-order valence-corrected chi connectivity index (χ2v) is 6.92. The number of nitrogens with one attached hydrogen (secondary N) is 1. The molecule has 1 aliphatic rings. The molecule has 1 rings (SSSR count). The van der Waals surface area contributed by atoms with Gasteiger partial charge in [-0.3, -0.25) is 9.59 Å². The van der Waals surface area contributed by atoms with Crippen molar-refractivity contribution in [2.45, 2.75) is 78.2 Å². The molecular weight excluding hydrogens is 254 g/mol. The monoisotopic (exact) mass is 283 g/mol. The van der Waals surface area contributed by atoms with Crippen molar-refractivity contribution in [3.63, 3.8) is 0 Å². The Hall–Kier alpha value is -1.06. The number of rotatable bonds is 6. The Balaban J connectivity index is 2.25. The topological polar surface area (TPSA) is 55.4 Å². The van der Waals surface area contributed by atoms with E-state index < -0.39 is 5.60 Å². The van der Waals surface area contributed by atoms with Crippen molar-refractivity contribution < 1.29 is 14.3 Å². The molecular formula is C16H29NO3. The molecule has 0 saturated heterocycles. The van der Waals surface area contributed by atoms with E-state index in [9.17, 15) is 9.59 Å². The summed E-state index contributed by atoms with van der Waals surface area (Å²) in [6.07, 6.45) is 6.42. The number of amides is 1. The predicted octanol–water partition coefficient (Wildman–Crippen LogP) is 3.19. The third-order valence-electron chi connectivity index (χ3n) is 4.05. The van der Waals surface area contributed by atoms with E-state index in [2.05, 4.69) is 12.2 Å². The molecule has 1 N–H and O–H groups in total. The lowest BCUT2D eigenvalue weighted by molar-refractivity contribution is -0.155. The summed E-state index contributed by atoms with van der Waals surface area (Å²) >= 11 is 0. The maximum atomic E-state index is 11.8. The summed E-state index contributed by atoms with van der Waals surface area (Å²) in [6.45, 7) is 8.43. The van der Waals surface area contributed by atoms with Crippen molar-refractivity contribution in [3.05, 3.63) is 0 Å². The quantitative estimate of drug-likeness (QED) is 0.762. The Morgan fingerprint density at radius 3 is 2.25 bits per heavy atom. The lowest BCUT2D eigenvalue weighted by atomic mass is 9.83. The van der Waals surface area contributed by atoms with Gasteiger partial charge in [-0.15, -0.1) is 0 Å². The Labute approximate surface area is 122 Å². The molecule has 0 aromatic carbocycles. The van der Waals surface area contributed by atoms with Crippen molar-refractivity contribution in [2.24, 2.45) is 5.41 Å². The van der Waals surface area contributed by atoms with E-state index in [-0.39, 0.29) is 24.7 Å². The van der Waals surface area contributed by atoms with Crippen molar-refractivity contribution >= 4 is 11.9 Å². The van der Waals surface area contributed by atoms with Crippen molar-refractivity contribution in [3.8, 4) is 0 Å². The van der Waals surface area contributed by atoms with E-state index in [1.165, 1.54) is 25.7 Å². The highest BCUT2D eigenvalue weighted by Gasteiger charge is 2.32. The van der Waals surface area contributed by atoms with E-state index in [4.69, 9.17) is 4.74 Å². The lowest BCUT2D eigenvalue weighted by Crippen LogP contribution is -2.36. The molecule has 0 aliphatic heterocycles. The van der Waals surface area contributed by atoms with Crippen LogP contribution in [-0.4, -0.2) is 24.0 Å². The van der Waals surface area contributed by atoms with Gasteiger partial charge in [-0.2, -0.15) is 0 Å². The van der Waals surface area contributed by atoms with Crippen LogP contribution in [0.2, 0.25) is 0 Å². The second-order valence-electron chi connectivity index (χ2n) is 6.92. The molecule has 4 nitrogen and oxygen atoms in total. The summed E-state index contributed by atoms with van der Waals surface area (Å²) in [7, 11) is 0. The number of ether oxygens (including phenoxy) is 1. The number of esters is 1. The fraction of sp³-hybridized carbons (Fsp3) is 0.875. The van der Waals surface area contributed by atoms with E-state index in [0.717, 1.165) is 13.0 Å². The van der Waals surface area contributed by atoms with Crippen molar-refractivity contribution in [1.82, 2.24) is 5.32 Å². The van der Waals surface area contributed by atoms with Crippen LogP contribution in [0.3, 0.4) is 0 Å². The molecule has 0 spiro atoms. The molecule has 0 bridgehead atoms. The Morgan fingerprint density at radius 1 is 1.15 bits per heavy atom. The largest absolute Gasteiger partial charge is 0.460 e. The second kappa shape index (κ2) is 7.09. The third-order valence-corrected chi connectivity index (χ3v) is 4.05. The first-order valence-corrected chi connectivity index (χ1v) is 7.75. The number of carbonyl (C=O) groups excluding carboxylic acids is 2. The van der Waals surface area contributed by atoms with Crippen LogP contribution in [0.1, 0.15) is 72.6 Å². The van der Waals surface area contributed by atoms with Gasteiger partial charge in [0, 0.05) is 13.0 Å². The summed E-state index contributed by atoms with van der Waals surface area (Å²) in [4.78, 5) is 23.3. The van der Waals surface area contributed by atoms with Gasteiger partial charge in [-0.05, 0) is 45.4 Å². The maximum absolute atomic E-state index is 11.8. The standard InChI is InChI=1S/C16H29NO3/c1-5-16(10-6-7-11-16)12-17-13(18)8-9-14(19)20-15(2,3)4/h5-12H2,1-4H3,(H,17,18). The molecule has 4 heteroatoms. The van der Waals surface area contributed by atoms with Crippen molar-refractivity contribution in [1.29, 1.82) is 0 Å². The Morgan fingerprint density at radius 2 is 1.75 bits per heavy atom. The van der Waals surface area contributed by atoms with Gasteiger partial charge in [0.15, 0.2) is 0 Å². The van der Waals surface area contributed by atoms with Gasteiger partial charge in [0.2, 0.25) is 5.91 Å². The Bertz CT molecular complexity index is 338. The van der Waals surface area contributed by atoms with E-state index >= 15 is 0 Å². The number of hydrogen-bond acceptors (Lipinski definition) is 3. The zero-order valence-electron chi connectivity index (χ0n) is 13.4. The van der Waals surface area contributed by atoms with Gasteiger partial charge in [0.1, 0.15) is 5.60 Å². The average Bonchev–Trinajstić information content (AvgIpc) is 2.81. The first-order valence-electron chi connectivity index (χ1n) is 7.75. The first-order chi connectivity index (χ1) is 9.26. The van der Waals surface area contributed by atoms with Crippen LogP contribution in [0.25, 0.3) is 0 Å². The number of carbonyl (C=O) groups is 2. The van der Waals surface area contributed by atoms with Crippen LogP contribution in [0, 0.1) is 5.41 Å². The summed E-state index contributed by atoms with van der Waals surface area (Å²) < 4.78 is 5.19. The molecule has 1 aliphatic carbocycles. The molecule has 1 saturated carbocycles. The highest BCUT2D eigenvalue weighted by atomic mass is 16.6. The minimum atomic E-state index is -0.482. The lowest BCUT2D eigenvalue weighted by Gasteiger charge is -2.27. The van der Waals surface area contributed by atoms with Gasteiger partial charge >= 0.3 is 5.97 Å². The minimum Gasteiger partial charge on any atom is -0.460 e. The summed E-state index contributed by atoms with van der Waals surface area (Å²) in [5.41, 5.74) is -0.189. The third kappa shape index (κ3) is 5.93. The van der Waals surface area contributed by atoms with E-state index in [1.807, 2.05) is 20.8 Å². The maximum Gasteiger partial charge on any atom is 0.306 e. The van der Waals surface area contributed by atoms with Crippen LogP contribution in [0.15, 0.2) is 0 Å². The van der Waals surface area contributed by atoms with E-state index in [1.54, 1.807) is 0 Å². The van der Waals surface area contributed by atoms with Crippen LogP contribution in [0.5, 0.6) is 0 Å². The Kier molecular flexibility index (Phi) is 6.03. The molecule has 0 aromatic rings. The van der Waals surface area contributed by atoms with Crippen LogP contribution >= 0.6 is 0 Å². The SMILES string of the molecule is CCC1(CNC(=O)CCC(=O)OC(C)(C)C)CCCC1. The van der Waals surface area contributed by atoms with Crippen LogP contribution < -0.4 is 5.32 Å². The molecule has 1 amide bonds. The zero-order valence-corrected chi connectivity index (χ0v) is 13.4. The van der Waals surface area contributed by atoms with Gasteiger partial charge in [-0.25, -0.2) is 0 Å². The molecule has 0 heterocycles. The highest BCUT2D eigenvalue weighted by Crippen LogP contribution is 2.40. The zero-order chi connectivity index (χ0) is 15.2. The van der Waals surface area contributed by atoms with Crippen molar-refractivity contribution in [2.75, 3.05) is 6.54 Å². The summed E-state index contributed by atoms with van der Waals surface area (Å²) in [6, 6.07) is 0. The van der Waals surface area contributed by atoms with Crippen LogP contribution in [-0.2, 0) is 14.3 Å². The predicted molar refractivity (Wildman–Crippen MR) is 79.3 cm³/mol. The molecule has 0 atom stereocenters. The fourth-order valence-electron chi connectivity index (χ4n) is 2.76. The number of hydrogen-bond donors (Lipinski definition) is 1. The highest BCUT2D eigenvalue weighted by molar-refractivity contribution is 5.81. The smallest absolute Gasteiger partial charge is 0.306 e. The van der Waals surface area contributed by atoms with Gasteiger partial charge in [0.05, 0.1) is 6.42 Å². The first kappa shape index (κ1) is 17.0. The fourth-order valence-corrected chi connectivity index (χ4v) is 2.76. The van der Waals surface area contributed by atoms with Gasteiger partial charge in [0.25, 0.3) is 0 Å².